The van der Waals surface area contributed by atoms with E-state index in [-0.39, 0.29) is 23.4 Å². The number of aryl methyl sites for hydroxylation is 1. The van der Waals surface area contributed by atoms with Crippen LogP contribution in [0.5, 0.6) is 5.75 Å². The van der Waals surface area contributed by atoms with E-state index in [0.717, 1.165) is 0 Å². The van der Waals surface area contributed by atoms with Crippen molar-refractivity contribution in [3.63, 3.8) is 0 Å². The van der Waals surface area contributed by atoms with E-state index < -0.39 is 17.7 Å². The van der Waals surface area contributed by atoms with E-state index in [4.69, 9.17) is 20.8 Å². The van der Waals surface area contributed by atoms with Crippen LogP contribution in [0.2, 0.25) is 5.02 Å². The number of ether oxygens (including phenoxy) is 1. The Morgan fingerprint density at radius 2 is 2.13 bits per heavy atom. The maximum absolute atomic E-state index is 13.0. The summed E-state index contributed by atoms with van der Waals surface area (Å²) < 4.78 is 12.7. The normalized spacial score (nSPS) is 18.0. The van der Waals surface area contributed by atoms with Crippen molar-refractivity contribution >= 4 is 29.1 Å². The highest BCUT2D eigenvalue weighted by Crippen LogP contribution is 2.41. The quantitative estimate of drug-likeness (QED) is 0.341. The first-order valence-electron chi connectivity index (χ1n) is 9.62. The number of aliphatic hydroxyl groups is 1. The molecule has 3 heterocycles. The number of likely N-dealkylation sites (tertiary alicyclic amines) is 1. The number of amides is 1. The number of aliphatic hydroxyl groups excluding tert-OH is 1. The summed E-state index contributed by atoms with van der Waals surface area (Å²) in [7, 11) is 1.44. The monoisotopic (exact) mass is 441 g/mol. The van der Waals surface area contributed by atoms with Crippen LogP contribution in [0.15, 0.2) is 65.3 Å². The van der Waals surface area contributed by atoms with Crippen LogP contribution < -0.4 is 4.74 Å². The molecule has 1 amide bonds. The summed E-state index contributed by atoms with van der Waals surface area (Å²) >= 11 is 6.09. The van der Waals surface area contributed by atoms with E-state index in [2.05, 4.69) is 4.98 Å². The number of nitrogens with zero attached hydrogens (tertiary/aromatic N) is 3. The zero-order chi connectivity index (χ0) is 22.0. The number of carbonyl (C=O) groups is 2. The van der Waals surface area contributed by atoms with Gasteiger partial charge in [0.2, 0.25) is 0 Å². The highest BCUT2D eigenvalue weighted by atomic mass is 35.5. The second kappa shape index (κ2) is 8.69. The lowest BCUT2D eigenvalue weighted by Crippen LogP contribution is -2.31. The van der Waals surface area contributed by atoms with E-state index in [9.17, 15) is 14.7 Å². The standard InChI is InChI=1S/C22H20ClN3O5/c1-30-16-6-5-14(23)12-15(16)20(27)18-19(17-4-2-11-31-17)26(22(29)21(18)28)9-3-8-25-10-7-24-13-25/h2,4-7,10-13,19,27H,3,8-9H2,1H3/t19-/m1/s1. The molecule has 1 fully saturated rings. The maximum atomic E-state index is 13.0. The summed E-state index contributed by atoms with van der Waals surface area (Å²) in [5, 5.41) is 11.4. The van der Waals surface area contributed by atoms with Crippen molar-refractivity contribution in [2.75, 3.05) is 13.7 Å². The molecule has 160 valence electrons. The van der Waals surface area contributed by atoms with Gasteiger partial charge in [0, 0.05) is 30.5 Å². The molecule has 0 aliphatic carbocycles. The zero-order valence-corrected chi connectivity index (χ0v) is 17.5. The average Bonchev–Trinajstić information content (AvgIpc) is 3.52. The van der Waals surface area contributed by atoms with Crippen molar-refractivity contribution in [1.82, 2.24) is 14.5 Å². The lowest BCUT2D eigenvalue weighted by atomic mass is 9.98. The van der Waals surface area contributed by atoms with Gasteiger partial charge in [0.25, 0.3) is 11.7 Å². The Balaban J connectivity index is 1.74. The number of Topliss-reactive ketones (excluding diaryl/α,β-unsaturated/α-hetero) is 1. The molecule has 1 N–H and O–H groups in total. The molecule has 1 aromatic carbocycles. The highest BCUT2D eigenvalue weighted by molar-refractivity contribution is 6.46. The third-order valence-corrected chi connectivity index (χ3v) is 5.38. The molecule has 0 unspecified atom stereocenters. The fourth-order valence-electron chi connectivity index (χ4n) is 3.71. The third kappa shape index (κ3) is 3.94. The Hall–Kier alpha value is -3.52. The van der Waals surface area contributed by atoms with Crippen LogP contribution in [0.1, 0.15) is 23.8 Å². The predicted octanol–water partition coefficient (Wildman–Crippen LogP) is 3.65. The summed E-state index contributed by atoms with van der Waals surface area (Å²) in [6.07, 6.45) is 7.22. The number of hydrogen-bond acceptors (Lipinski definition) is 6. The van der Waals surface area contributed by atoms with Crippen molar-refractivity contribution in [2.45, 2.75) is 19.0 Å². The number of furan rings is 1. The Bertz CT molecular complexity index is 1120. The van der Waals surface area contributed by atoms with Gasteiger partial charge in [-0.15, -0.1) is 0 Å². The lowest BCUT2D eigenvalue weighted by molar-refractivity contribution is -0.140. The molecule has 31 heavy (non-hydrogen) atoms. The van der Waals surface area contributed by atoms with Crippen molar-refractivity contribution in [3.05, 3.63) is 77.2 Å². The van der Waals surface area contributed by atoms with E-state index >= 15 is 0 Å². The first kappa shape index (κ1) is 20.7. The Kier molecular flexibility index (Phi) is 5.81. The van der Waals surface area contributed by atoms with Crippen LogP contribution in [0.4, 0.5) is 0 Å². The summed E-state index contributed by atoms with van der Waals surface area (Å²) in [6, 6.07) is 7.15. The molecule has 2 aromatic heterocycles. The molecule has 0 spiro atoms. The highest BCUT2D eigenvalue weighted by Gasteiger charge is 2.47. The molecule has 1 saturated heterocycles. The number of halogens is 1. The van der Waals surface area contributed by atoms with Crippen molar-refractivity contribution < 1.29 is 23.8 Å². The average molecular weight is 442 g/mol. The van der Waals surface area contributed by atoms with Gasteiger partial charge < -0.3 is 23.7 Å². The minimum atomic E-state index is -0.860. The minimum Gasteiger partial charge on any atom is -0.507 e. The van der Waals surface area contributed by atoms with Crippen LogP contribution in [0.3, 0.4) is 0 Å². The van der Waals surface area contributed by atoms with Gasteiger partial charge in [-0.2, -0.15) is 0 Å². The summed E-state index contributed by atoms with van der Waals surface area (Å²) in [5.74, 6) is -1.15. The number of imidazole rings is 1. The molecular weight excluding hydrogens is 422 g/mol. The van der Waals surface area contributed by atoms with Crippen LogP contribution >= 0.6 is 11.6 Å². The van der Waals surface area contributed by atoms with Gasteiger partial charge >= 0.3 is 0 Å². The molecule has 1 atom stereocenters. The maximum Gasteiger partial charge on any atom is 0.295 e. The number of benzene rings is 1. The first-order chi connectivity index (χ1) is 15.0. The van der Waals surface area contributed by atoms with Crippen LogP contribution in [-0.4, -0.2) is 44.9 Å². The summed E-state index contributed by atoms with van der Waals surface area (Å²) in [6.45, 7) is 0.910. The second-order valence-electron chi connectivity index (χ2n) is 7.01. The van der Waals surface area contributed by atoms with Gasteiger partial charge in [0.05, 0.1) is 30.8 Å². The molecular formula is C22H20ClN3O5. The second-order valence-corrected chi connectivity index (χ2v) is 7.44. The summed E-state index contributed by atoms with van der Waals surface area (Å²) in [5.41, 5.74) is 0.158. The predicted molar refractivity (Wildman–Crippen MR) is 113 cm³/mol. The number of ketones is 1. The van der Waals surface area contributed by atoms with Crippen LogP contribution in [-0.2, 0) is 16.1 Å². The largest absolute Gasteiger partial charge is 0.507 e. The van der Waals surface area contributed by atoms with Gasteiger partial charge in [-0.05, 0) is 36.8 Å². The van der Waals surface area contributed by atoms with Gasteiger partial charge in [-0.25, -0.2) is 4.98 Å². The van der Waals surface area contributed by atoms with E-state index in [1.165, 1.54) is 24.3 Å². The van der Waals surface area contributed by atoms with Gasteiger partial charge in [-0.3, -0.25) is 9.59 Å². The van der Waals surface area contributed by atoms with E-state index in [1.807, 2.05) is 10.8 Å². The minimum absolute atomic E-state index is 0.0665. The fourth-order valence-corrected chi connectivity index (χ4v) is 3.88. The number of hydrogen-bond donors (Lipinski definition) is 1. The third-order valence-electron chi connectivity index (χ3n) is 5.14. The summed E-state index contributed by atoms with van der Waals surface area (Å²) in [4.78, 5) is 31.3. The van der Waals surface area contributed by atoms with Gasteiger partial charge in [0.15, 0.2) is 0 Å². The number of methoxy groups -OCH3 is 1. The molecule has 1 aliphatic rings. The molecule has 3 aromatic rings. The first-order valence-corrected chi connectivity index (χ1v) is 10.0. The molecule has 0 bridgehead atoms. The van der Waals surface area contributed by atoms with E-state index in [0.29, 0.717) is 29.5 Å². The van der Waals surface area contributed by atoms with Gasteiger partial charge in [0.1, 0.15) is 23.3 Å². The number of rotatable bonds is 7. The Morgan fingerprint density at radius 1 is 1.29 bits per heavy atom. The Labute approximate surface area is 183 Å². The number of carbonyl (C=O) groups excluding carboxylic acids is 2. The van der Waals surface area contributed by atoms with Crippen molar-refractivity contribution in [2.24, 2.45) is 0 Å². The molecule has 0 saturated carbocycles. The topological polar surface area (TPSA) is 97.8 Å². The van der Waals surface area contributed by atoms with E-state index in [1.54, 1.807) is 36.8 Å². The lowest BCUT2D eigenvalue weighted by Gasteiger charge is -2.23. The fraction of sp³-hybridized carbons (Fsp3) is 0.227. The van der Waals surface area contributed by atoms with Crippen molar-refractivity contribution in [3.8, 4) is 5.75 Å². The molecule has 9 heteroatoms. The molecule has 8 nitrogen and oxygen atoms in total. The number of aromatic nitrogens is 2. The SMILES string of the molecule is COc1ccc(Cl)cc1C(O)=C1C(=O)C(=O)N(CCCn2ccnc2)[C@@H]1c1ccco1. The van der Waals surface area contributed by atoms with Crippen LogP contribution in [0.25, 0.3) is 5.76 Å². The van der Waals surface area contributed by atoms with Gasteiger partial charge in [-0.1, -0.05) is 11.6 Å². The van der Waals surface area contributed by atoms with Crippen molar-refractivity contribution in [1.29, 1.82) is 0 Å². The molecule has 0 radical (unpaired) electrons. The smallest absolute Gasteiger partial charge is 0.295 e. The zero-order valence-electron chi connectivity index (χ0n) is 16.7. The Morgan fingerprint density at radius 3 is 2.81 bits per heavy atom. The van der Waals surface area contributed by atoms with Crippen LogP contribution in [0, 0.1) is 0 Å². The molecule has 4 rings (SSSR count). The molecule has 1 aliphatic heterocycles.